The number of aliphatic hydroxyl groups excluding tert-OH is 1. The van der Waals surface area contributed by atoms with Crippen molar-refractivity contribution in [1.82, 2.24) is 5.32 Å². The van der Waals surface area contributed by atoms with Gasteiger partial charge >= 0.3 is 5.97 Å². The minimum atomic E-state index is -0.847. The van der Waals surface area contributed by atoms with Gasteiger partial charge in [-0.25, -0.2) is 0 Å². The Morgan fingerprint density at radius 2 is 1.64 bits per heavy atom. The van der Waals surface area contributed by atoms with Crippen molar-refractivity contribution in [3.8, 4) is 16.9 Å². The first-order chi connectivity index (χ1) is 17.1. The van der Waals surface area contributed by atoms with Crippen LogP contribution in [0.2, 0.25) is 0 Å². The predicted octanol–water partition coefficient (Wildman–Crippen LogP) is 5.98. The molecule has 3 N–H and O–H groups in total. The normalized spacial score (nSPS) is 14.6. The Morgan fingerprint density at radius 3 is 2.33 bits per heavy atom. The van der Waals surface area contributed by atoms with Crippen molar-refractivity contribution in [2.45, 2.75) is 57.2 Å². The molecule has 1 saturated carbocycles. The third kappa shape index (κ3) is 8.09. The number of aliphatic hydroxyl groups is 1. The van der Waals surface area contributed by atoms with Gasteiger partial charge in [0, 0.05) is 12.1 Å². The molecule has 0 radical (unpaired) electrons. The average Bonchev–Trinajstić information content (AvgIpc) is 2.89. The number of nitrogens with one attached hydrogen (secondary N) is 1. The summed E-state index contributed by atoms with van der Waals surface area (Å²) in [7, 11) is 0. The average molecular weight is 510 g/mol. The van der Waals surface area contributed by atoms with Crippen LogP contribution in [0.25, 0.3) is 11.1 Å². The first kappa shape index (κ1) is 27.7. The number of hydrogen-bond acceptors (Lipinski definition) is 4. The summed E-state index contributed by atoms with van der Waals surface area (Å²) in [4.78, 5) is 11.3. The zero-order valence-corrected chi connectivity index (χ0v) is 21.4. The van der Waals surface area contributed by atoms with Gasteiger partial charge in [0.15, 0.2) is 0 Å². The van der Waals surface area contributed by atoms with E-state index in [1.165, 1.54) is 24.8 Å². The summed E-state index contributed by atoms with van der Waals surface area (Å²) < 4.78 is 6.30. The van der Waals surface area contributed by atoms with Crippen LogP contribution < -0.4 is 10.1 Å². The van der Waals surface area contributed by atoms with Crippen molar-refractivity contribution >= 4 is 18.4 Å². The van der Waals surface area contributed by atoms with Crippen LogP contribution in [0.15, 0.2) is 72.8 Å². The molecule has 4 rings (SSSR count). The number of halogens is 1. The van der Waals surface area contributed by atoms with E-state index in [-0.39, 0.29) is 24.9 Å². The predicted molar refractivity (Wildman–Crippen MR) is 146 cm³/mol. The van der Waals surface area contributed by atoms with Gasteiger partial charge in [-0.15, -0.1) is 12.4 Å². The van der Waals surface area contributed by atoms with E-state index in [2.05, 4.69) is 29.6 Å². The number of rotatable bonds is 11. The Morgan fingerprint density at radius 1 is 0.944 bits per heavy atom. The monoisotopic (exact) mass is 509 g/mol. The van der Waals surface area contributed by atoms with Crippen LogP contribution in [0.4, 0.5) is 0 Å². The molecule has 0 unspecified atom stereocenters. The summed E-state index contributed by atoms with van der Waals surface area (Å²) in [6, 6.07) is 24.0. The molecule has 0 aromatic heterocycles. The summed E-state index contributed by atoms with van der Waals surface area (Å²) in [5.74, 6) is -0.150. The second kappa shape index (κ2) is 14.0. The van der Waals surface area contributed by atoms with E-state index >= 15 is 0 Å². The summed E-state index contributed by atoms with van der Waals surface area (Å²) in [5, 5.41) is 22.9. The fourth-order valence-electron chi connectivity index (χ4n) is 4.64. The number of ether oxygens (including phenoxy) is 1. The van der Waals surface area contributed by atoms with Crippen LogP contribution >= 0.6 is 12.4 Å². The molecular formula is C30H36ClNO4. The smallest absolute Gasteiger partial charge is 0.307 e. The molecule has 1 fully saturated rings. The highest BCUT2D eigenvalue weighted by Gasteiger charge is 2.18. The largest absolute Gasteiger partial charge is 0.490 e. The van der Waals surface area contributed by atoms with Crippen LogP contribution in [0.3, 0.4) is 0 Å². The van der Waals surface area contributed by atoms with Gasteiger partial charge in [0.1, 0.15) is 5.75 Å². The molecule has 3 aromatic rings. The van der Waals surface area contributed by atoms with Crippen molar-refractivity contribution in [3.63, 3.8) is 0 Å². The van der Waals surface area contributed by atoms with E-state index in [0.29, 0.717) is 12.3 Å². The molecular weight excluding hydrogens is 474 g/mol. The number of aliphatic carboxylic acids is 1. The van der Waals surface area contributed by atoms with Gasteiger partial charge in [-0.2, -0.15) is 0 Å². The number of carbonyl (C=O) groups is 1. The van der Waals surface area contributed by atoms with Crippen molar-refractivity contribution in [2.75, 3.05) is 13.1 Å². The lowest BCUT2D eigenvalue weighted by Gasteiger charge is -2.24. The summed E-state index contributed by atoms with van der Waals surface area (Å²) in [6.07, 6.45) is 6.14. The fourth-order valence-corrected chi connectivity index (χ4v) is 4.64. The van der Waals surface area contributed by atoms with Gasteiger partial charge in [-0.3, -0.25) is 4.79 Å². The lowest BCUT2D eigenvalue weighted by Crippen LogP contribution is -2.23. The number of hydrogen-bond donors (Lipinski definition) is 3. The molecule has 0 spiro atoms. The SMILES string of the molecule is Cl.O=C(O)Cc1ccc(-c2ccc(CCNC[C@H](O)c3ccccc3)cc2)cc1OC1CCCCC1. The molecule has 3 aromatic carbocycles. The van der Waals surface area contributed by atoms with Crippen LogP contribution in [-0.4, -0.2) is 35.4 Å². The van der Waals surface area contributed by atoms with E-state index in [0.717, 1.165) is 48.1 Å². The van der Waals surface area contributed by atoms with Gasteiger partial charge in [-0.05, 0) is 67.0 Å². The van der Waals surface area contributed by atoms with E-state index in [4.69, 9.17) is 4.74 Å². The van der Waals surface area contributed by atoms with Crippen LogP contribution in [0.5, 0.6) is 5.75 Å². The second-order valence-electron chi connectivity index (χ2n) is 9.35. The number of carboxylic acids is 1. The van der Waals surface area contributed by atoms with Crippen molar-refractivity contribution in [2.24, 2.45) is 0 Å². The topological polar surface area (TPSA) is 78.8 Å². The van der Waals surface area contributed by atoms with Crippen molar-refractivity contribution < 1.29 is 19.7 Å². The van der Waals surface area contributed by atoms with Gasteiger partial charge in [0.2, 0.25) is 0 Å². The van der Waals surface area contributed by atoms with Crippen molar-refractivity contribution in [3.05, 3.63) is 89.5 Å². The molecule has 0 amide bonds. The Kier molecular flexibility index (Phi) is 10.8. The molecule has 192 valence electrons. The first-order valence-corrected chi connectivity index (χ1v) is 12.6. The molecule has 36 heavy (non-hydrogen) atoms. The van der Waals surface area contributed by atoms with E-state index in [1.807, 2.05) is 48.5 Å². The molecule has 0 heterocycles. The van der Waals surface area contributed by atoms with Crippen LogP contribution in [0.1, 0.15) is 54.9 Å². The number of carboxylic acid groups (broad SMARTS) is 1. The highest BCUT2D eigenvalue weighted by Crippen LogP contribution is 2.31. The maximum atomic E-state index is 11.3. The van der Waals surface area contributed by atoms with Crippen LogP contribution in [0, 0.1) is 0 Å². The zero-order chi connectivity index (χ0) is 24.5. The maximum absolute atomic E-state index is 11.3. The number of benzene rings is 3. The maximum Gasteiger partial charge on any atom is 0.307 e. The second-order valence-corrected chi connectivity index (χ2v) is 9.35. The Balaban J connectivity index is 0.00000361. The van der Waals surface area contributed by atoms with E-state index in [9.17, 15) is 15.0 Å². The summed E-state index contributed by atoms with van der Waals surface area (Å²) in [6.45, 7) is 1.31. The first-order valence-electron chi connectivity index (χ1n) is 12.6. The standard InChI is InChI=1S/C30H35NO4.ClH/c32-28(24-7-3-1-4-8-24)21-31-18-17-22-11-13-23(14-12-22)25-15-16-26(20-30(33)34)29(19-25)35-27-9-5-2-6-10-27;/h1,3-4,7-8,11-16,19,27-28,31-32H,2,5-6,9-10,17-18,20-21H2,(H,33,34);1H/t28-;/m0./s1. The Bertz CT molecular complexity index is 1080. The molecule has 6 heteroatoms. The third-order valence-electron chi connectivity index (χ3n) is 6.65. The van der Waals surface area contributed by atoms with Gasteiger partial charge < -0.3 is 20.3 Å². The highest BCUT2D eigenvalue weighted by atomic mass is 35.5. The zero-order valence-electron chi connectivity index (χ0n) is 20.6. The van der Waals surface area contributed by atoms with E-state index < -0.39 is 12.1 Å². The minimum absolute atomic E-state index is 0. The quantitative estimate of drug-likeness (QED) is 0.277. The molecule has 0 bridgehead atoms. The molecule has 1 atom stereocenters. The molecule has 1 aliphatic carbocycles. The fraction of sp³-hybridized carbons (Fsp3) is 0.367. The Hall–Kier alpha value is -2.86. The molecule has 1 aliphatic rings. The van der Waals surface area contributed by atoms with Gasteiger partial charge in [-0.1, -0.05) is 73.2 Å². The van der Waals surface area contributed by atoms with Crippen molar-refractivity contribution in [1.29, 1.82) is 0 Å². The highest BCUT2D eigenvalue weighted by molar-refractivity contribution is 5.85. The van der Waals surface area contributed by atoms with Crippen LogP contribution in [-0.2, 0) is 17.6 Å². The molecule has 5 nitrogen and oxygen atoms in total. The summed E-state index contributed by atoms with van der Waals surface area (Å²) in [5.41, 5.74) is 4.98. The van der Waals surface area contributed by atoms with E-state index in [1.54, 1.807) is 0 Å². The third-order valence-corrected chi connectivity index (χ3v) is 6.65. The van der Waals surface area contributed by atoms with Gasteiger partial charge in [0.05, 0.1) is 18.6 Å². The molecule has 0 saturated heterocycles. The molecule has 0 aliphatic heterocycles. The summed E-state index contributed by atoms with van der Waals surface area (Å²) >= 11 is 0. The Labute approximate surface area is 219 Å². The lowest BCUT2D eigenvalue weighted by molar-refractivity contribution is -0.136. The minimum Gasteiger partial charge on any atom is -0.490 e. The lowest BCUT2D eigenvalue weighted by atomic mass is 9.97. The van der Waals surface area contributed by atoms with Gasteiger partial charge in [0.25, 0.3) is 0 Å².